The number of nitrogen functional groups attached to an aromatic ring is 1. The first-order chi connectivity index (χ1) is 9.38. The van der Waals surface area contributed by atoms with Gasteiger partial charge in [0.1, 0.15) is 11.7 Å². The van der Waals surface area contributed by atoms with E-state index in [4.69, 9.17) is 11.1 Å². The van der Waals surface area contributed by atoms with Crippen molar-refractivity contribution >= 4 is 11.5 Å². The van der Waals surface area contributed by atoms with Gasteiger partial charge < -0.3 is 20.6 Å². The number of halogens is 1. The molecular formula is C14H21FN4O. The molecule has 1 saturated heterocycles. The van der Waals surface area contributed by atoms with Gasteiger partial charge in [0, 0.05) is 30.4 Å². The number of amidine groups is 1. The lowest BCUT2D eigenvalue weighted by Crippen LogP contribution is -2.38. The molecule has 1 aliphatic rings. The predicted molar refractivity (Wildman–Crippen MR) is 77.7 cm³/mol. The Morgan fingerprint density at radius 1 is 1.55 bits per heavy atom. The molecule has 110 valence electrons. The summed E-state index contributed by atoms with van der Waals surface area (Å²) in [6, 6.07) is 4.39. The Labute approximate surface area is 118 Å². The molecule has 0 bridgehead atoms. The van der Waals surface area contributed by atoms with Crippen molar-refractivity contribution < 1.29 is 9.50 Å². The molecule has 0 aromatic heterocycles. The van der Waals surface area contributed by atoms with Crippen LogP contribution in [0.4, 0.5) is 10.1 Å². The summed E-state index contributed by atoms with van der Waals surface area (Å²) in [4.78, 5) is 4.06. The summed E-state index contributed by atoms with van der Waals surface area (Å²) < 4.78 is 13.4. The maximum Gasteiger partial charge on any atom is 0.125 e. The number of aliphatic hydroxyl groups excluding tert-OH is 1. The van der Waals surface area contributed by atoms with Crippen LogP contribution in [0.2, 0.25) is 0 Å². The van der Waals surface area contributed by atoms with Crippen LogP contribution in [0, 0.1) is 11.2 Å². The van der Waals surface area contributed by atoms with E-state index in [-0.39, 0.29) is 11.9 Å². The summed E-state index contributed by atoms with van der Waals surface area (Å²) >= 11 is 0. The Balaban J connectivity index is 2.36. The van der Waals surface area contributed by atoms with Crippen LogP contribution in [0.5, 0.6) is 0 Å². The number of benzene rings is 1. The van der Waals surface area contributed by atoms with Crippen molar-refractivity contribution in [3.63, 3.8) is 0 Å². The third-order valence-corrected chi connectivity index (χ3v) is 3.53. The zero-order valence-corrected chi connectivity index (χ0v) is 11.8. The van der Waals surface area contributed by atoms with Crippen LogP contribution in [0.15, 0.2) is 18.2 Å². The number of aliphatic hydroxyl groups is 1. The third kappa shape index (κ3) is 3.08. The van der Waals surface area contributed by atoms with E-state index in [0.29, 0.717) is 24.2 Å². The standard InChI is InChI=1S/C14H21FN4O/c1-18(2)7-10-6-11(20)8-19(10)13-4-3-9(15)5-12(13)14(16)17/h3-5,10-11,20H,6-8H2,1-2H3,(H3,16,17). The third-order valence-electron chi connectivity index (χ3n) is 3.53. The summed E-state index contributed by atoms with van der Waals surface area (Å²) in [5.41, 5.74) is 6.64. The molecule has 0 aliphatic carbocycles. The lowest BCUT2D eigenvalue weighted by molar-refractivity contribution is 0.191. The molecule has 0 amide bonds. The SMILES string of the molecule is CN(C)CC1CC(O)CN1c1ccc(F)cc1C(=N)N. The van der Waals surface area contributed by atoms with Crippen molar-refractivity contribution in [2.24, 2.45) is 5.73 Å². The van der Waals surface area contributed by atoms with Gasteiger partial charge in [-0.15, -0.1) is 0 Å². The molecule has 1 fully saturated rings. The number of nitrogens with one attached hydrogen (secondary N) is 1. The molecule has 0 radical (unpaired) electrons. The number of nitrogens with zero attached hydrogens (tertiary/aromatic N) is 2. The first-order valence-corrected chi connectivity index (χ1v) is 6.62. The highest BCUT2D eigenvalue weighted by atomic mass is 19.1. The van der Waals surface area contributed by atoms with E-state index in [9.17, 15) is 9.50 Å². The quantitative estimate of drug-likeness (QED) is 0.558. The van der Waals surface area contributed by atoms with Crippen LogP contribution >= 0.6 is 0 Å². The van der Waals surface area contributed by atoms with Crippen molar-refractivity contribution in [3.8, 4) is 0 Å². The van der Waals surface area contributed by atoms with Gasteiger partial charge in [0.25, 0.3) is 0 Å². The van der Waals surface area contributed by atoms with E-state index in [1.807, 2.05) is 23.9 Å². The lowest BCUT2D eigenvalue weighted by Gasteiger charge is -2.30. The number of nitrogens with two attached hydrogens (primary N) is 1. The average molecular weight is 280 g/mol. The topological polar surface area (TPSA) is 76.6 Å². The molecule has 5 nitrogen and oxygen atoms in total. The number of hydrogen-bond donors (Lipinski definition) is 3. The van der Waals surface area contributed by atoms with E-state index in [1.54, 1.807) is 6.07 Å². The second kappa shape index (κ2) is 5.76. The molecule has 1 aromatic carbocycles. The van der Waals surface area contributed by atoms with Gasteiger partial charge in [-0.1, -0.05) is 0 Å². The van der Waals surface area contributed by atoms with Crippen molar-refractivity contribution in [2.45, 2.75) is 18.6 Å². The smallest absolute Gasteiger partial charge is 0.125 e. The van der Waals surface area contributed by atoms with Crippen LogP contribution in [-0.2, 0) is 0 Å². The first kappa shape index (κ1) is 14.7. The lowest BCUT2D eigenvalue weighted by atomic mass is 10.1. The Hall–Kier alpha value is -1.66. The maximum atomic E-state index is 13.4. The van der Waals surface area contributed by atoms with Gasteiger partial charge in [-0.05, 0) is 38.7 Å². The largest absolute Gasteiger partial charge is 0.391 e. The van der Waals surface area contributed by atoms with E-state index in [2.05, 4.69) is 0 Å². The second-order valence-corrected chi connectivity index (χ2v) is 5.53. The molecule has 4 N–H and O–H groups in total. The zero-order chi connectivity index (χ0) is 14.9. The molecule has 6 heteroatoms. The van der Waals surface area contributed by atoms with Crippen molar-refractivity contribution in [2.75, 3.05) is 32.1 Å². The van der Waals surface area contributed by atoms with E-state index in [1.165, 1.54) is 12.1 Å². The molecule has 2 atom stereocenters. The molecule has 2 unspecified atom stereocenters. The van der Waals surface area contributed by atoms with E-state index >= 15 is 0 Å². The molecule has 1 aromatic rings. The summed E-state index contributed by atoms with van der Waals surface area (Å²) in [7, 11) is 3.94. The fraction of sp³-hybridized carbons (Fsp3) is 0.500. The highest BCUT2D eigenvalue weighted by molar-refractivity contribution is 6.00. The predicted octanol–water partition coefficient (Wildman–Crippen LogP) is 0.611. The van der Waals surface area contributed by atoms with Crippen LogP contribution < -0.4 is 10.6 Å². The Bertz CT molecular complexity index is 506. The van der Waals surface area contributed by atoms with Crippen LogP contribution in [-0.4, -0.2) is 55.2 Å². The van der Waals surface area contributed by atoms with Crippen molar-refractivity contribution in [3.05, 3.63) is 29.6 Å². The highest BCUT2D eigenvalue weighted by Crippen LogP contribution is 2.29. The fourth-order valence-electron chi connectivity index (χ4n) is 2.76. The minimum absolute atomic E-state index is 0.128. The van der Waals surface area contributed by atoms with E-state index in [0.717, 1.165) is 6.54 Å². The Kier molecular flexibility index (Phi) is 4.25. The highest BCUT2D eigenvalue weighted by Gasteiger charge is 2.32. The molecule has 2 rings (SSSR count). The summed E-state index contributed by atoms with van der Waals surface area (Å²) in [6.45, 7) is 1.26. The molecule has 0 spiro atoms. The van der Waals surface area contributed by atoms with Gasteiger partial charge in [-0.25, -0.2) is 4.39 Å². The fourth-order valence-corrected chi connectivity index (χ4v) is 2.76. The number of β-amino-alcohol motifs (C(OH)–C–C–N with tert-alkyl or cyclic N) is 1. The number of hydrogen-bond acceptors (Lipinski definition) is 4. The first-order valence-electron chi connectivity index (χ1n) is 6.62. The van der Waals surface area contributed by atoms with Gasteiger partial charge in [0.2, 0.25) is 0 Å². The summed E-state index contributed by atoms with van der Waals surface area (Å²) in [5, 5.41) is 17.5. The molecule has 1 heterocycles. The second-order valence-electron chi connectivity index (χ2n) is 5.53. The normalized spacial score (nSPS) is 22.6. The summed E-state index contributed by atoms with van der Waals surface area (Å²) in [5.74, 6) is -0.577. The van der Waals surface area contributed by atoms with Crippen LogP contribution in [0.1, 0.15) is 12.0 Å². The maximum absolute atomic E-state index is 13.4. The zero-order valence-electron chi connectivity index (χ0n) is 11.8. The van der Waals surface area contributed by atoms with Crippen LogP contribution in [0.3, 0.4) is 0 Å². The van der Waals surface area contributed by atoms with Crippen LogP contribution in [0.25, 0.3) is 0 Å². The van der Waals surface area contributed by atoms with Gasteiger partial charge in [-0.2, -0.15) is 0 Å². The Morgan fingerprint density at radius 2 is 2.25 bits per heavy atom. The average Bonchev–Trinajstić information content (AvgIpc) is 2.69. The number of anilines is 1. The molecule has 0 saturated carbocycles. The molecule has 20 heavy (non-hydrogen) atoms. The number of rotatable bonds is 4. The van der Waals surface area contributed by atoms with E-state index < -0.39 is 11.9 Å². The van der Waals surface area contributed by atoms with Gasteiger partial charge in [-0.3, -0.25) is 5.41 Å². The van der Waals surface area contributed by atoms with Gasteiger partial charge in [0.15, 0.2) is 0 Å². The van der Waals surface area contributed by atoms with Crippen molar-refractivity contribution in [1.29, 1.82) is 5.41 Å². The number of likely N-dealkylation sites (N-methyl/N-ethyl adjacent to an activating group) is 1. The molecule has 1 aliphatic heterocycles. The van der Waals surface area contributed by atoms with Gasteiger partial charge >= 0.3 is 0 Å². The monoisotopic (exact) mass is 280 g/mol. The minimum Gasteiger partial charge on any atom is -0.391 e. The summed E-state index contributed by atoms with van der Waals surface area (Å²) in [6.07, 6.45) is 0.247. The Morgan fingerprint density at radius 3 is 2.85 bits per heavy atom. The minimum atomic E-state index is -0.414. The van der Waals surface area contributed by atoms with Gasteiger partial charge in [0.05, 0.1) is 6.10 Å². The van der Waals surface area contributed by atoms with Crippen molar-refractivity contribution in [1.82, 2.24) is 4.90 Å². The molecular weight excluding hydrogens is 259 g/mol.